The van der Waals surface area contributed by atoms with Crippen LogP contribution in [0.15, 0.2) is 97.6 Å². The van der Waals surface area contributed by atoms with Crippen molar-refractivity contribution in [2.75, 3.05) is 11.4 Å². The fourth-order valence-corrected chi connectivity index (χ4v) is 4.50. The maximum Gasteiger partial charge on any atom is 0.258 e. The summed E-state index contributed by atoms with van der Waals surface area (Å²) in [6.07, 6.45) is 0.804. The number of benzene rings is 3. The van der Waals surface area contributed by atoms with Gasteiger partial charge >= 0.3 is 0 Å². The molecule has 1 saturated heterocycles. The highest BCUT2D eigenvalue weighted by atomic mass is 16.6. The van der Waals surface area contributed by atoms with Gasteiger partial charge in [0.05, 0.1) is 13.2 Å². The van der Waals surface area contributed by atoms with Crippen LogP contribution in [-0.2, 0) is 38.6 Å². The van der Waals surface area contributed by atoms with E-state index in [-0.39, 0.29) is 12.0 Å². The number of para-hydroxylation sites is 1. The van der Waals surface area contributed by atoms with Crippen LogP contribution >= 0.6 is 0 Å². The zero-order chi connectivity index (χ0) is 23.3. The van der Waals surface area contributed by atoms with E-state index in [9.17, 15) is 4.79 Å². The van der Waals surface area contributed by atoms with E-state index in [1.165, 1.54) is 5.56 Å². The van der Waals surface area contributed by atoms with Gasteiger partial charge in [-0.25, -0.2) is 0 Å². The average Bonchev–Trinajstić information content (AvgIpc) is 3.57. The zero-order valence-electron chi connectivity index (χ0n) is 19.1. The third kappa shape index (κ3) is 4.97. The lowest BCUT2D eigenvalue weighted by Gasteiger charge is -2.25. The second-order valence-corrected chi connectivity index (χ2v) is 8.65. The van der Waals surface area contributed by atoms with Crippen LogP contribution in [-0.4, -0.2) is 36.9 Å². The first-order chi connectivity index (χ1) is 16.7. The molecule has 0 N–H and O–H groups in total. The number of nitrogens with zero attached hydrogens (tertiary/aromatic N) is 1. The molecule has 0 radical (unpaired) electrons. The van der Waals surface area contributed by atoms with Crippen molar-refractivity contribution in [2.24, 2.45) is 0 Å². The highest BCUT2D eigenvalue weighted by molar-refractivity contribution is 6.00. The van der Waals surface area contributed by atoms with E-state index >= 15 is 0 Å². The second-order valence-electron chi connectivity index (χ2n) is 8.65. The lowest BCUT2D eigenvalue weighted by atomic mass is 10.1. The maximum absolute atomic E-state index is 13.3. The van der Waals surface area contributed by atoms with Crippen LogP contribution < -0.4 is 4.90 Å². The van der Waals surface area contributed by atoms with Gasteiger partial charge in [0.25, 0.3) is 5.91 Å². The van der Waals surface area contributed by atoms with Crippen molar-refractivity contribution in [1.82, 2.24) is 0 Å². The first-order valence-electron chi connectivity index (χ1n) is 11.7. The fraction of sp³-hybridized carbons (Fsp3) is 0.276. The number of hydrogen-bond donors (Lipinski definition) is 0. The number of carbonyl (C=O) groups excluding carboxylic acids is 1. The van der Waals surface area contributed by atoms with Crippen LogP contribution in [0.1, 0.15) is 16.7 Å². The second kappa shape index (κ2) is 10.3. The Morgan fingerprint density at radius 1 is 0.941 bits per heavy atom. The van der Waals surface area contributed by atoms with E-state index in [0.717, 1.165) is 23.2 Å². The zero-order valence-corrected chi connectivity index (χ0v) is 19.1. The summed E-state index contributed by atoms with van der Waals surface area (Å²) in [5.41, 5.74) is 4.29. The Hall–Kier alpha value is -3.25. The van der Waals surface area contributed by atoms with Gasteiger partial charge in [0.2, 0.25) is 0 Å². The molecule has 0 saturated carbocycles. The Labute approximate surface area is 200 Å². The van der Waals surface area contributed by atoms with E-state index in [1.807, 2.05) is 83.8 Å². The smallest absolute Gasteiger partial charge is 0.258 e. The quantitative estimate of drug-likeness (QED) is 0.329. The molecule has 2 heterocycles. The van der Waals surface area contributed by atoms with Crippen LogP contribution in [0.5, 0.6) is 0 Å². The number of rotatable bonds is 10. The summed E-state index contributed by atoms with van der Waals surface area (Å²) in [7, 11) is 0. The minimum Gasteiger partial charge on any atom is -0.368 e. The van der Waals surface area contributed by atoms with Crippen molar-refractivity contribution >= 4 is 11.6 Å². The lowest BCUT2D eigenvalue weighted by Crippen LogP contribution is -2.40. The standard InChI is InChI=1S/C29H29NO4/c1-2-25(32-19-21-11-5-3-6-12-21)26(33-20-22-13-7-4-8-14-22)27-28(34-27)29(31)30-18-17-23-15-9-10-16-24(23)30/h2-16,25-28H,1,17-20H2/t25-,26+,27-,28+/m1/s1. The SMILES string of the molecule is C=C[C@@H](OCc1ccccc1)[C@H](OCc1ccccc1)[C@H]1O[C@@H]1C(=O)N1CCc2ccccc21. The van der Waals surface area contributed by atoms with Crippen molar-refractivity contribution in [1.29, 1.82) is 0 Å². The van der Waals surface area contributed by atoms with E-state index in [1.54, 1.807) is 6.08 Å². The van der Waals surface area contributed by atoms with E-state index < -0.39 is 18.3 Å². The molecule has 1 fully saturated rings. The number of fused-ring (bicyclic) bond motifs is 1. The van der Waals surface area contributed by atoms with Crippen LogP contribution in [0.2, 0.25) is 0 Å². The molecule has 0 aliphatic carbocycles. The van der Waals surface area contributed by atoms with Gasteiger partial charge in [-0.15, -0.1) is 6.58 Å². The molecule has 0 spiro atoms. The number of amides is 1. The Morgan fingerprint density at radius 3 is 2.24 bits per heavy atom. The number of epoxide rings is 1. The highest BCUT2D eigenvalue weighted by Crippen LogP contribution is 2.36. The topological polar surface area (TPSA) is 51.3 Å². The largest absolute Gasteiger partial charge is 0.368 e. The van der Waals surface area contributed by atoms with E-state index in [4.69, 9.17) is 14.2 Å². The number of carbonyl (C=O) groups is 1. The summed E-state index contributed by atoms with van der Waals surface area (Å²) in [5, 5.41) is 0. The average molecular weight is 456 g/mol. The van der Waals surface area contributed by atoms with E-state index in [2.05, 4.69) is 12.6 Å². The third-order valence-electron chi connectivity index (χ3n) is 6.37. The van der Waals surface area contributed by atoms with Crippen LogP contribution in [0.4, 0.5) is 5.69 Å². The van der Waals surface area contributed by atoms with Crippen molar-refractivity contribution < 1.29 is 19.0 Å². The normalized spacial score (nSPS) is 20.4. The fourth-order valence-electron chi connectivity index (χ4n) is 4.50. The van der Waals surface area contributed by atoms with Gasteiger partial charge in [-0.2, -0.15) is 0 Å². The van der Waals surface area contributed by atoms with Crippen molar-refractivity contribution in [3.05, 3.63) is 114 Å². The molecule has 5 heteroatoms. The molecule has 3 aromatic carbocycles. The number of anilines is 1. The predicted octanol–water partition coefficient (Wildman–Crippen LogP) is 4.70. The summed E-state index contributed by atoms with van der Waals surface area (Å²) in [4.78, 5) is 15.2. The Bertz CT molecular complexity index is 1120. The van der Waals surface area contributed by atoms with Crippen molar-refractivity contribution in [2.45, 2.75) is 44.1 Å². The molecule has 3 aromatic rings. The molecule has 1 amide bonds. The lowest BCUT2D eigenvalue weighted by molar-refractivity contribution is -0.119. The molecule has 5 rings (SSSR count). The molecule has 34 heavy (non-hydrogen) atoms. The van der Waals surface area contributed by atoms with Gasteiger partial charge in [-0.05, 0) is 29.2 Å². The Balaban J connectivity index is 1.30. The van der Waals surface area contributed by atoms with Crippen LogP contribution in [0.3, 0.4) is 0 Å². The highest BCUT2D eigenvalue weighted by Gasteiger charge is 2.54. The molecule has 5 nitrogen and oxygen atoms in total. The Morgan fingerprint density at radius 2 is 1.56 bits per heavy atom. The number of hydrogen-bond acceptors (Lipinski definition) is 4. The summed E-state index contributed by atoms with van der Waals surface area (Å²) in [6, 6.07) is 28.0. The summed E-state index contributed by atoms with van der Waals surface area (Å²) < 4.78 is 18.5. The summed E-state index contributed by atoms with van der Waals surface area (Å²) in [5.74, 6) is -0.0193. The molecule has 4 atom stereocenters. The van der Waals surface area contributed by atoms with Crippen molar-refractivity contribution in [3.8, 4) is 0 Å². The monoisotopic (exact) mass is 455 g/mol. The molecular weight excluding hydrogens is 426 g/mol. The van der Waals surface area contributed by atoms with Gasteiger partial charge in [0, 0.05) is 12.2 Å². The third-order valence-corrected chi connectivity index (χ3v) is 6.37. The van der Waals surface area contributed by atoms with Crippen LogP contribution in [0, 0.1) is 0 Å². The molecule has 0 bridgehead atoms. The molecule has 2 aliphatic heterocycles. The van der Waals surface area contributed by atoms with Gasteiger partial charge in [-0.3, -0.25) is 4.79 Å². The van der Waals surface area contributed by atoms with Gasteiger partial charge in [0.1, 0.15) is 18.3 Å². The van der Waals surface area contributed by atoms with Crippen molar-refractivity contribution in [3.63, 3.8) is 0 Å². The number of ether oxygens (including phenoxy) is 3. The summed E-state index contributed by atoms with van der Waals surface area (Å²) in [6.45, 7) is 5.48. The van der Waals surface area contributed by atoms with Gasteiger partial charge < -0.3 is 19.1 Å². The first-order valence-corrected chi connectivity index (χ1v) is 11.7. The first kappa shape index (κ1) is 22.5. The maximum atomic E-state index is 13.3. The van der Waals surface area contributed by atoms with Crippen LogP contribution in [0.25, 0.3) is 0 Å². The molecule has 0 aromatic heterocycles. The van der Waals surface area contributed by atoms with Gasteiger partial charge in [0.15, 0.2) is 6.10 Å². The minimum atomic E-state index is -0.547. The molecule has 174 valence electrons. The van der Waals surface area contributed by atoms with E-state index in [0.29, 0.717) is 19.8 Å². The molecular formula is C29H29NO4. The Kier molecular flexibility index (Phi) is 6.86. The minimum absolute atomic E-state index is 0.0193. The predicted molar refractivity (Wildman–Crippen MR) is 131 cm³/mol. The molecule has 0 unspecified atom stereocenters. The molecule has 2 aliphatic rings. The van der Waals surface area contributed by atoms with Gasteiger partial charge in [-0.1, -0.05) is 84.9 Å². The summed E-state index contributed by atoms with van der Waals surface area (Å²) >= 11 is 0.